The second-order valence-corrected chi connectivity index (χ2v) is 5.61. The van der Waals surface area contributed by atoms with Gasteiger partial charge in [0.15, 0.2) is 0 Å². The summed E-state index contributed by atoms with van der Waals surface area (Å²) in [4.78, 5) is 25.6. The average Bonchev–Trinajstić information content (AvgIpc) is 2.69. The third kappa shape index (κ3) is 4.93. The van der Waals surface area contributed by atoms with Gasteiger partial charge in [0.05, 0.1) is 11.8 Å². The highest BCUT2D eigenvalue weighted by Gasteiger charge is 2.38. The van der Waals surface area contributed by atoms with Crippen LogP contribution in [0.25, 0.3) is 0 Å². The second-order valence-electron chi connectivity index (χ2n) is 5.61. The molecule has 0 amide bonds. The molecule has 0 saturated heterocycles. The monoisotopic (exact) mass is 350 g/mol. The van der Waals surface area contributed by atoms with Crippen LogP contribution in [0.5, 0.6) is 0 Å². The van der Waals surface area contributed by atoms with E-state index in [-0.39, 0.29) is 13.2 Å². The fraction of sp³-hybridized carbons (Fsp3) is 0.182. The number of esters is 2. The van der Waals surface area contributed by atoms with Gasteiger partial charge in [-0.3, -0.25) is 9.59 Å². The molecule has 0 spiro atoms. The van der Waals surface area contributed by atoms with Crippen LogP contribution in [0.15, 0.2) is 86.0 Å². The smallest absolute Gasteiger partial charge is 0.314 e. The summed E-state index contributed by atoms with van der Waals surface area (Å²) in [6.07, 6.45) is 2.99. The summed E-state index contributed by atoms with van der Waals surface area (Å²) in [6.45, 7) is 7.28. The molecule has 26 heavy (non-hydrogen) atoms. The lowest BCUT2D eigenvalue weighted by atomic mass is 9.81. The molecule has 0 fully saturated rings. The Morgan fingerprint density at radius 3 is 1.38 bits per heavy atom. The molecule has 0 saturated carbocycles. The highest BCUT2D eigenvalue weighted by molar-refractivity contribution is 5.90. The molecule has 2 rings (SSSR count). The molecule has 0 radical (unpaired) electrons. The molecular weight excluding hydrogens is 328 g/mol. The van der Waals surface area contributed by atoms with E-state index in [0.717, 1.165) is 0 Å². The minimum atomic E-state index is -0.823. The lowest BCUT2D eigenvalue weighted by Crippen LogP contribution is -2.29. The topological polar surface area (TPSA) is 52.6 Å². The van der Waals surface area contributed by atoms with Gasteiger partial charge in [0, 0.05) is 0 Å². The Labute approximate surface area is 153 Å². The standard InChI is InChI=1S/C22H22O4/c1-3-15-25-21(23)19(17-11-7-5-8-12-17)20(22(24)26-16-4-2)18-13-9-6-10-14-18/h3-14,19-20H,1-2,15-16H2/t19-,20+. The largest absolute Gasteiger partial charge is 0.461 e. The van der Waals surface area contributed by atoms with Gasteiger partial charge in [-0.25, -0.2) is 0 Å². The first-order valence-electron chi connectivity index (χ1n) is 8.34. The van der Waals surface area contributed by atoms with Gasteiger partial charge in [0.2, 0.25) is 0 Å². The van der Waals surface area contributed by atoms with E-state index in [1.54, 1.807) is 24.3 Å². The van der Waals surface area contributed by atoms with Crippen LogP contribution in [-0.4, -0.2) is 25.2 Å². The van der Waals surface area contributed by atoms with E-state index in [0.29, 0.717) is 11.1 Å². The summed E-state index contributed by atoms with van der Waals surface area (Å²) >= 11 is 0. The molecular formula is C22H22O4. The fourth-order valence-electron chi connectivity index (χ4n) is 2.71. The van der Waals surface area contributed by atoms with Gasteiger partial charge in [0.1, 0.15) is 13.2 Å². The quantitative estimate of drug-likeness (QED) is 0.506. The Morgan fingerprint density at radius 2 is 1.08 bits per heavy atom. The number of rotatable bonds is 9. The zero-order valence-electron chi connectivity index (χ0n) is 14.5. The first kappa shape index (κ1) is 19.2. The van der Waals surface area contributed by atoms with Crippen LogP contribution >= 0.6 is 0 Å². The molecule has 0 aromatic heterocycles. The number of carbonyl (C=O) groups is 2. The van der Waals surface area contributed by atoms with E-state index < -0.39 is 23.8 Å². The molecule has 0 bridgehead atoms. The summed E-state index contributed by atoms with van der Waals surface area (Å²) in [5, 5.41) is 0. The summed E-state index contributed by atoms with van der Waals surface area (Å²) in [7, 11) is 0. The molecule has 4 nitrogen and oxygen atoms in total. The van der Waals surface area contributed by atoms with Gasteiger partial charge in [-0.15, -0.1) is 0 Å². The Morgan fingerprint density at radius 1 is 0.731 bits per heavy atom. The van der Waals surface area contributed by atoms with Crippen LogP contribution in [0, 0.1) is 0 Å². The number of carbonyl (C=O) groups excluding carboxylic acids is 2. The van der Waals surface area contributed by atoms with E-state index in [2.05, 4.69) is 13.2 Å². The zero-order chi connectivity index (χ0) is 18.8. The molecule has 2 aromatic carbocycles. The van der Waals surface area contributed by atoms with E-state index in [1.807, 2.05) is 36.4 Å². The lowest BCUT2D eigenvalue weighted by Gasteiger charge is -2.25. The molecule has 2 atom stereocenters. The molecule has 134 valence electrons. The molecule has 4 heteroatoms. The first-order valence-corrected chi connectivity index (χ1v) is 8.34. The van der Waals surface area contributed by atoms with Crippen molar-refractivity contribution < 1.29 is 19.1 Å². The van der Waals surface area contributed by atoms with Crippen LogP contribution < -0.4 is 0 Å². The first-order chi connectivity index (χ1) is 12.7. The molecule has 0 aliphatic heterocycles. The Hall–Kier alpha value is -3.14. The van der Waals surface area contributed by atoms with Gasteiger partial charge in [-0.1, -0.05) is 86.0 Å². The summed E-state index contributed by atoms with van der Waals surface area (Å²) in [6, 6.07) is 18.2. The molecule has 0 unspecified atom stereocenters. The van der Waals surface area contributed by atoms with E-state index in [9.17, 15) is 9.59 Å². The van der Waals surface area contributed by atoms with Crippen molar-refractivity contribution in [3.8, 4) is 0 Å². The van der Waals surface area contributed by atoms with Crippen molar-refractivity contribution in [2.24, 2.45) is 0 Å². The number of benzene rings is 2. The highest BCUT2D eigenvalue weighted by atomic mass is 16.5. The number of ether oxygens (including phenoxy) is 2. The SMILES string of the molecule is C=CCOC(=O)[C@H](c1ccccc1)[C@@H](C(=O)OCC=C)c1ccccc1. The molecule has 0 N–H and O–H groups in total. The van der Waals surface area contributed by atoms with Crippen molar-refractivity contribution in [2.75, 3.05) is 13.2 Å². The van der Waals surface area contributed by atoms with Crippen LogP contribution in [0.4, 0.5) is 0 Å². The van der Waals surface area contributed by atoms with Crippen molar-refractivity contribution >= 4 is 11.9 Å². The maximum Gasteiger partial charge on any atom is 0.314 e. The highest BCUT2D eigenvalue weighted by Crippen LogP contribution is 2.35. The predicted octanol–water partition coefficient (Wildman–Crippen LogP) is 4.01. The fourth-order valence-corrected chi connectivity index (χ4v) is 2.71. The van der Waals surface area contributed by atoms with Crippen molar-refractivity contribution in [1.82, 2.24) is 0 Å². The van der Waals surface area contributed by atoms with Crippen molar-refractivity contribution in [1.29, 1.82) is 0 Å². The maximum atomic E-state index is 12.8. The van der Waals surface area contributed by atoms with E-state index in [1.165, 1.54) is 12.2 Å². The second kappa shape index (κ2) is 9.99. The third-order valence-corrected chi connectivity index (χ3v) is 3.85. The molecule has 2 aromatic rings. The van der Waals surface area contributed by atoms with Crippen molar-refractivity contribution in [3.63, 3.8) is 0 Å². The predicted molar refractivity (Wildman–Crippen MR) is 101 cm³/mol. The average molecular weight is 350 g/mol. The molecule has 0 aliphatic carbocycles. The number of hydrogen-bond donors (Lipinski definition) is 0. The van der Waals surface area contributed by atoms with Crippen molar-refractivity contribution in [2.45, 2.75) is 11.8 Å². The summed E-state index contributed by atoms with van der Waals surface area (Å²) < 4.78 is 10.6. The minimum absolute atomic E-state index is 0.0748. The minimum Gasteiger partial charge on any atom is -0.461 e. The lowest BCUT2D eigenvalue weighted by molar-refractivity contribution is -0.152. The van der Waals surface area contributed by atoms with Crippen LogP contribution in [0.1, 0.15) is 23.0 Å². The van der Waals surface area contributed by atoms with Crippen LogP contribution in [0.2, 0.25) is 0 Å². The van der Waals surface area contributed by atoms with Crippen LogP contribution in [0.3, 0.4) is 0 Å². The van der Waals surface area contributed by atoms with Crippen molar-refractivity contribution in [3.05, 3.63) is 97.1 Å². The maximum absolute atomic E-state index is 12.8. The van der Waals surface area contributed by atoms with Gasteiger partial charge in [-0.05, 0) is 11.1 Å². The zero-order valence-corrected chi connectivity index (χ0v) is 14.5. The van der Waals surface area contributed by atoms with Gasteiger partial charge in [0.25, 0.3) is 0 Å². The normalized spacial score (nSPS) is 12.5. The van der Waals surface area contributed by atoms with E-state index in [4.69, 9.17) is 9.47 Å². The third-order valence-electron chi connectivity index (χ3n) is 3.85. The Balaban J connectivity index is 2.49. The Bertz CT molecular complexity index is 672. The van der Waals surface area contributed by atoms with Gasteiger partial charge >= 0.3 is 11.9 Å². The summed E-state index contributed by atoms with van der Waals surface area (Å²) in [5.74, 6) is -2.65. The van der Waals surface area contributed by atoms with Gasteiger partial charge in [-0.2, -0.15) is 0 Å². The van der Waals surface area contributed by atoms with E-state index >= 15 is 0 Å². The number of hydrogen-bond acceptors (Lipinski definition) is 4. The summed E-state index contributed by atoms with van der Waals surface area (Å²) in [5.41, 5.74) is 1.37. The van der Waals surface area contributed by atoms with Gasteiger partial charge < -0.3 is 9.47 Å². The molecule has 0 heterocycles. The Kier molecular flexibility index (Phi) is 7.37. The molecule has 0 aliphatic rings. The van der Waals surface area contributed by atoms with Crippen LogP contribution in [-0.2, 0) is 19.1 Å².